The highest BCUT2D eigenvalue weighted by Gasteiger charge is 2.61. The second-order valence-electron chi connectivity index (χ2n) is 12.4. The number of carbonyl (C=O) groups excluding carboxylic acids is 3. The molecule has 3 amide bonds. The molecular weight excluding hydrogens is 563 g/mol. The van der Waals surface area contributed by atoms with Crippen molar-refractivity contribution in [3.63, 3.8) is 0 Å². The number of nitrogens with one attached hydrogen (secondary N) is 2. The number of allylic oxidation sites excluding steroid dienone is 1. The van der Waals surface area contributed by atoms with Crippen LogP contribution in [-0.2, 0) is 19.1 Å². The van der Waals surface area contributed by atoms with Crippen LogP contribution in [0, 0.1) is 11.7 Å². The van der Waals surface area contributed by atoms with Gasteiger partial charge in [-0.05, 0) is 58.6 Å². The van der Waals surface area contributed by atoms with Crippen LogP contribution in [-0.4, -0.2) is 74.7 Å². The molecule has 2 aliphatic heterocycles. The molecule has 2 aromatic rings. The summed E-state index contributed by atoms with van der Waals surface area (Å²) in [5, 5.41) is 15.4. The zero-order chi connectivity index (χ0) is 30.9. The molecule has 1 aromatic heterocycles. The van der Waals surface area contributed by atoms with Crippen molar-refractivity contribution in [2.24, 2.45) is 5.92 Å². The lowest BCUT2D eigenvalue weighted by atomic mass is 10.0. The zero-order valence-corrected chi connectivity index (χ0v) is 24.4. The van der Waals surface area contributed by atoms with Gasteiger partial charge in [0.25, 0.3) is 0 Å². The van der Waals surface area contributed by atoms with Gasteiger partial charge in [-0.1, -0.05) is 25.0 Å². The number of hydrogen-bond donors (Lipinski definition) is 3. The summed E-state index contributed by atoms with van der Waals surface area (Å²) in [6, 6.07) is 1.76. The van der Waals surface area contributed by atoms with E-state index in [-0.39, 0.29) is 36.9 Å². The smallest absolute Gasteiger partial charge is 0.408 e. The molecule has 3 heterocycles. The average Bonchev–Trinajstić information content (AvgIpc) is 3.23. The van der Waals surface area contributed by atoms with Gasteiger partial charge in [-0.25, -0.2) is 14.0 Å². The Morgan fingerprint density at radius 2 is 2.02 bits per heavy atom. The number of benzene rings is 1. The number of fused-ring (bicyclic) bond motifs is 3. The third-order valence-corrected chi connectivity index (χ3v) is 7.91. The van der Waals surface area contributed by atoms with E-state index >= 15 is 0 Å². The van der Waals surface area contributed by atoms with E-state index in [1.165, 1.54) is 23.1 Å². The van der Waals surface area contributed by atoms with E-state index in [9.17, 15) is 28.7 Å². The van der Waals surface area contributed by atoms with Gasteiger partial charge in [-0.2, -0.15) is 4.98 Å². The van der Waals surface area contributed by atoms with E-state index in [2.05, 4.69) is 15.6 Å². The van der Waals surface area contributed by atoms with Gasteiger partial charge in [-0.15, -0.1) is 0 Å². The van der Waals surface area contributed by atoms with Crippen molar-refractivity contribution < 1.29 is 42.6 Å². The van der Waals surface area contributed by atoms with Crippen molar-refractivity contribution in [2.75, 3.05) is 6.54 Å². The van der Waals surface area contributed by atoms with Crippen molar-refractivity contribution >= 4 is 35.0 Å². The highest BCUT2D eigenvalue weighted by Crippen LogP contribution is 2.45. The monoisotopic (exact) mass is 600 g/mol. The van der Waals surface area contributed by atoms with E-state index < -0.39 is 59.0 Å². The van der Waals surface area contributed by atoms with Crippen molar-refractivity contribution in [3.05, 3.63) is 36.2 Å². The maximum atomic E-state index is 14.0. The summed E-state index contributed by atoms with van der Waals surface area (Å²) >= 11 is 0. The minimum absolute atomic E-state index is 0.0139. The number of hydrogen-bond acceptors (Lipinski definition) is 8. The van der Waals surface area contributed by atoms with Crippen LogP contribution in [0.4, 0.5) is 9.18 Å². The number of rotatable bonds is 4. The summed E-state index contributed by atoms with van der Waals surface area (Å²) in [4.78, 5) is 58.1. The number of amides is 3. The molecule has 43 heavy (non-hydrogen) atoms. The highest BCUT2D eigenvalue weighted by atomic mass is 19.1. The molecule has 1 saturated carbocycles. The van der Waals surface area contributed by atoms with Crippen molar-refractivity contribution in [1.82, 2.24) is 20.5 Å². The maximum Gasteiger partial charge on any atom is 0.408 e. The van der Waals surface area contributed by atoms with Gasteiger partial charge in [0.15, 0.2) is 5.58 Å². The van der Waals surface area contributed by atoms with Crippen LogP contribution in [0.15, 0.2) is 34.8 Å². The Kier molecular flexibility index (Phi) is 8.35. The van der Waals surface area contributed by atoms with Crippen LogP contribution >= 0.6 is 0 Å². The minimum atomic E-state index is -1.46. The number of oxazole rings is 1. The second kappa shape index (κ2) is 11.8. The fourth-order valence-corrected chi connectivity index (χ4v) is 5.67. The summed E-state index contributed by atoms with van der Waals surface area (Å²) in [6.45, 7) is 5.08. The summed E-state index contributed by atoms with van der Waals surface area (Å²) < 4.78 is 30.6. The molecule has 1 saturated heterocycles. The van der Waals surface area contributed by atoms with Gasteiger partial charge in [0, 0.05) is 18.4 Å². The molecule has 3 N–H and O–H groups in total. The number of nitrogens with zero attached hydrogens (tertiary/aromatic N) is 2. The first-order valence-electron chi connectivity index (χ1n) is 14.6. The standard InChI is InChI=1S/C30H37FN4O8/c1-29(2,3)43-27(40)32-20-10-8-6-4-5-7-9-17-15-30(17,26(38)39)34-24(36)22-14-19(16-35(22)25(20)37)41-28-33-21-13-18(31)11-12-23(21)42-28/h7,9,11-13,17,19-20,22H,4-6,8,10,14-16H2,1-3H3,(H,32,40)(H,34,36)(H,38,39)/b9-7-/t17-,19+,20-,22-,30+/m0/s1. The molecule has 0 radical (unpaired) electrons. The SMILES string of the molecule is CC(C)(C)OC(=O)N[C@H]1CCCCC/C=C\[C@H]2C[C@@]2(C(=O)O)NC(=O)[C@@H]2C[C@@H](Oc3nc4cc(F)ccc4o3)CN2C1=O. The van der Waals surface area contributed by atoms with Crippen LogP contribution in [0.5, 0.6) is 6.08 Å². The van der Waals surface area contributed by atoms with Crippen LogP contribution < -0.4 is 15.4 Å². The molecule has 3 aliphatic rings. The number of aliphatic carboxylic acids is 1. The number of carboxylic acids is 1. The summed E-state index contributed by atoms with van der Waals surface area (Å²) in [5.74, 6) is -3.15. The summed E-state index contributed by atoms with van der Waals surface area (Å²) in [6.07, 6.45) is 5.63. The van der Waals surface area contributed by atoms with Crippen LogP contribution in [0.25, 0.3) is 11.1 Å². The van der Waals surface area contributed by atoms with E-state index in [0.717, 1.165) is 19.3 Å². The van der Waals surface area contributed by atoms with Crippen molar-refractivity contribution in [3.8, 4) is 6.08 Å². The first-order chi connectivity index (χ1) is 20.3. The molecule has 0 spiro atoms. The molecule has 2 fully saturated rings. The zero-order valence-electron chi connectivity index (χ0n) is 24.4. The Morgan fingerprint density at radius 1 is 1.23 bits per heavy atom. The van der Waals surface area contributed by atoms with E-state index in [1.54, 1.807) is 20.8 Å². The topological polar surface area (TPSA) is 160 Å². The Balaban J connectivity index is 1.42. The number of alkyl carbamates (subject to hydrolysis) is 1. The predicted molar refractivity (Wildman–Crippen MR) is 151 cm³/mol. The number of carboxylic acid groups (broad SMARTS) is 1. The Bertz CT molecular complexity index is 1430. The lowest BCUT2D eigenvalue weighted by molar-refractivity contribution is -0.145. The van der Waals surface area contributed by atoms with Gasteiger partial charge >= 0.3 is 18.1 Å². The third-order valence-electron chi connectivity index (χ3n) is 7.91. The molecule has 0 unspecified atom stereocenters. The number of ether oxygens (including phenoxy) is 2. The van der Waals surface area contributed by atoms with Crippen LogP contribution in [0.1, 0.15) is 65.7 Å². The fourth-order valence-electron chi connectivity index (χ4n) is 5.67. The molecule has 232 valence electrons. The lowest BCUT2D eigenvalue weighted by Gasteiger charge is -2.30. The van der Waals surface area contributed by atoms with Crippen LogP contribution in [0.3, 0.4) is 0 Å². The molecule has 1 aliphatic carbocycles. The van der Waals surface area contributed by atoms with Gasteiger partial charge in [-0.3, -0.25) is 9.59 Å². The predicted octanol–water partition coefficient (Wildman–Crippen LogP) is 3.69. The molecule has 1 aromatic carbocycles. The number of carbonyl (C=O) groups is 4. The summed E-state index contributed by atoms with van der Waals surface area (Å²) in [5.41, 5.74) is -1.70. The molecular formula is C30H37FN4O8. The number of aromatic nitrogens is 1. The highest BCUT2D eigenvalue weighted by molar-refractivity contribution is 5.96. The quantitative estimate of drug-likeness (QED) is 0.445. The van der Waals surface area contributed by atoms with Crippen molar-refractivity contribution in [2.45, 2.75) is 95.0 Å². The second-order valence-corrected chi connectivity index (χ2v) is 12.4. The molecule has 5 rings (SSSR count). The number of halogens is 1. The molecule has 12 nitrogen and oxygen atoms in total. The first-order valence-corrected chi connectivity index (χ1v) is 14.6. The Labute approximate surface area is 248 Å². The minimum Gasteiger partial charge on any atom is -0.479 e. The van der Waals surface area contributed by atoms with Crippen molar-refractivity contribution in [1.29, 1.82) is 0 Å². The van der Waals surface area contributed by atoms with E-state index in [0.29, 0.717) is 18.4 Å². The van der Waals surface area contributed by atoms with Gasteiger partial charge in [0.1, 0.15) is 40.7 Å². The molecule has 13 heteroatoms. The lowest BCUT2D eigenvalue weighted by Crippen LogP contribution is -2.56. The van der Waals surface area contributed by atoms with Gasteiger partial charge < -0.3 is 34.5 Å². The fraction of sp³-hybridized carbons (Fsp3) is 0.567. The third kappa shape index (κ3) is 6.91. The maximum absolute atomic E-state index is 14.0. The first kappa shape index (κ1) is 30.3. The average molecular weight is 601 g/mol. The summed E-state index contributed by atoms with van der Waals surface area (Å²) in [7, 11) is 0. The molecule has 5 atom stereocenters. The van der Waals surface area contributed by atoms with Gasteiger partial charge in [0.05, 0.1) is 6.54 Å². The normalized spacial score (nSPS) is 29.0. The Morgan fingerprint density at radius 3 is 2.77 bits per heavy atom. The van der Waals surface area contributed by atoms with Crippen LogP contribution in [0.2, 0.25) is 0 Å². The van der Waals surface area contributed by atoms with Gasteiger partial charge in [0.2, 0.25) is 11.8 Å². The van der Waals surface area contributed by atoms with E-state index in [4.69, 9.17) is 13.9 Å². The molecule has 0 bridgehead atoms. The Hall–Kier alpha value is -4.16. The van der Waals surface area contributed by atoms with E-state index in [1.807, 2.05) is 12.2 Å². The largest absolute Gasteiger partial charge is 0.479 e.